The molecule has 2 aromatic rings. The van der Waals surface area contributed by atoms with E-state index in [2.05, 4.69) is 0 Å². The number of thiophene rings is 2. The van der Waals surface area contributed by atoms with Gasteiger partial charge in [0.25, 0.3) is 0 Å². The zero-order chi connectivity index (χ0) is 20.9. The lowest BCUT2D eigenvalue weighted by molar-refractivity contribution is -0.135. The number of amides is 1. The average Bonchev–Trinajstić information content (AvgIpc) is 3.32. The Bertz CT molecular complexity index is 937. The number of nitrogens with zero attached hydrogens (tertiary/aromatic N) is 1. The van der Waals surface area contributed by atoms with Crippen LogP contribution >= 0.6 is 22.7 Å². The van der Waals surface area contributed by atoms with E-state index in [1.807, 2.05) is 29.7 Å². The zero-order valence-corrected chi connectivity index (χ0v) is 18.2. The number of carbonyl (C=O) groups is 1. The predicted molar refractivity (Wildman–Crippen MR) is 114 cm³/mol. The van der Waals surface area contributed by atoms with Gasteiger partial charge in [0, 0.05) is 22.6 Å². The molecule has 7 nitrogen and oxygen atoms in total. The second-order valence-corrected chi connectivity index (χ2v) is 10.6. The molecule has 29 heavy (non-hydrogen) atoms. The largest absolute Gasteiger partial charge is 0.467 e. The van der Waals surface area contributed by atoms with Crippen LogP contribution in [0.5, 0.6) is 5.06 Å². The molecule has 3 rings (SSSR count). The van der Waals surface area contributed by atoms with Gasteiger partial charge in [-0.25, -0.2) is 13.6 Å². The van der Waals surface area contributed by atoms with Crippen molar-refractivity contribution >= 4 is 38.6 Å². The molecule has 1 unspecified atom stereocenters. The molecule has 3 heterocycles. The number of piperidine rings is 1. The molecule has 158 valence electrons. The zero-order valence-electron chi connectivity index (χ0n) is 15.8. The molecule has 1 fully saturated rings. The third-order valence-electron chi connectivity index (χ3n) is 4.49. The summed E-state index contributed by atoms with van der Waals surface area (Å²) in [5, 5.41) is 17.6. The highest BCUT2D eigenvalue weighted by atomic mass is 32.2. The number of nitrogens with two attached hydrogens (primary N) is 1. The van der Waals surface area contributed by atoms with Crippen molar-refractivity contribution in [1.29, 1.82) is 0 Å². The van der Waals surface area contributed by atoms with Crippen LogP contribution in [-0.4, -0.2) is 42.4 Å². The summed E-state index contributed by atoms with van der Waals surface area (Å²) in [7, 11) is -3.70. The molecule has 3 N–H and O–H groups in total. The lowest BCUT2D eigenvalue weighted by Gasteiger charge is -2.33. The Balaban J connectivity index is 1.62. The Morgan fingerprint density at radius 3 is 2.90 bits per heavy atom. The maximum atomic E-state index is 12.5. The third kappa shape index (κ3) is 6.93. The number of hydrogen-bond donors (Lipinski definition) is 2. The first-order valence-corrected chi connectivity index (χ1v) is 12.6. The van der Waals surface area contributed by atoms with Gasteiger partial charge in [0.1, 0.15) is 0 Å². The number of primary sulfonamides is 1. The summed E-state index contributed by atoms with van der Waals surface area (Å²) in [5.74, 6) is -0.512. The van der Waals surface area contributed by atoms with Crippen LogP contribution < -0.4 is 9.88 Å². The van der Waals surface area contributed by atoms with Crippen LogP contribution in [-0.2, 0) is 27.8 Å². The van der Waals surface area contributed by atoms with Crippen molar-refractivity contribution in [2.75, 3.05) is 5.94 Å². The molecule has 1 aliphatic heterocycles. The van der Waals surface area contributed by atoms with Crippen molar-refractivity contribution < 1.29 is 23.1 Å². The Morgan fingerprint density at radius 1 is 1.34 bits per heavy atom. The van der Waals surface area contributed by atoms with Crippen LogP contribution in [0.15, 0.2) is 41.8 Å². The van der Waals surface area contributed by atoms with Gasteiger partial charge in [-0.2, -0.15) is 0 Å². The summed E-state index contributed by atoms with van der Waals surface area (Å²) >= 11 is 2.90. The minimum atomic E-state index is -3.70. The van der Waals surface area contributed by atoms with Crippen LogP contribution in [0.2, 0.25) is 0 Å². The highest BCUT2D eigenvalue weighted by molar-refractivity contribution is 7.88. The number of ether oxygens (including phenoxy) is 1. The SMILES string of the molecule is NS(=O)(=O)COc1ccc(CN2C(=O)CCC[C@@H]2/C=C/C(O)Cc2cccs2)s1. The second kappa shape index (κ2) is 9.86. The van der Waals surface area contributed by atoms with Crippen molar-refractivity contribution in [2.24, 2.45) is 5.14 Å². The molecule has 10 heteroatoms. The first kappa shape index (κ1) is 22.0. The van der Waals surface area contributed by atoms with Crippen molar-refractivity contribution in [3.63, 3.8) is 0 Å². The smallest absolute Gasteiger partial charge is 0.244 e. The normalized spacial score (nSPS) is 19.0. The van der Waals surface area contributed by atoms with E-state index < -0.39 is 22.1 Å². The van der Waals surface area contributed by atoms with E-state index in [-0.39, 0.29) is 11.9 Å². The summed E-state index contributed by atoms with van der Waals surface area (Å²) in [5.41, 5.74) is 0. The fourth-order valence-corrected chi connectivity index (χ4v) is 5.11. The number of likely N-dealkylation sites (tertiary alicyclic amines) is 1. The first-order chi connectivity index (χ1) is 13.8. The predicted octanol–water partition coefficient (Wildman–Crippen LogP) is 2.48. The molecule has 2 aromatic heterocycles. The van der Waals surface area contributed by atoms with E-state index in [4.69, 9.17) is 9.88 Å². The molecule has 1 aliphatic rings. The van der Waals surface area contributed by atoms with Crippen molar-refractivity contribution in [3.8, 4) is 5.06 Å². The Kier molecular flexibility index (Phi) is 7.47. The minimum Gasteiger partial charge on any atom is -0.467 e. The molecule has 0 aliphatic carbocycles. The Morgan fingerprint density at radius 2 is 2.17 bits per heavy atom. The molecule has 1 saturated heterocycles. The van der Waals surface area contributed by atoms with E-state index in [9.17, 15) is 18.3 Å². The summed E-state index contributed by atoms with van der Waals surface area (Å²) in [6, 6.07) is 7.36. The molecule has 0 spiro atoms. The van der Waals surface area contributed by atoms with E-state index in [1.165, 1.54) is 11.3 Å². The summed E-state index contributed by atoms with van der Waals surface area (Å²) in [6.07, 6.45) is 5.82. The summed E-state index contributed by atoms with van der Waals surface area (Å²) in [6.45, 7) is 0.415. The number of aliphatic hydroxyl groups is 1. The van der Waals surface area contributed by atoms with Gasteiger partial charge in [-0.3, -0.25) is 4.79 Å². The van der Waals surface area contributed by atoms with Crippen molar-refractivity contribution in [2.45, 2.75) is 44.4 Å². The van der Waals surface area contributed by atoms with Crippen LogP contribution in [0.25, 0.3) is 0 Å². The number of sulfonamides is 1. The first-order valence-electron chi connectivity index (χ1n) is 9.20. The molecular formula is C19H24N2O5S3. The van der Waals surface area contributed by atoms with Gasteiger partial charge in [0.2, 0.25) is 21.9 Å². The standard InChI is InChI=1S/C19H24N2O5S3/c20-29(24,25)13-26-19-9-8-17(28-19)12-21-14(3-1-5-18(21)23)6-7-15(22)11-16-4-2-10-27-16/h2,4,6-10,14-15,22H,1,3,5,11-13H2,(H2,20,24,25)/b7-6+/t14-,15?/m1/s1. The maximum absolute atomic E-state index is 12.5. The van der Waals surface area contributed by atoms with Crippen LogP contribution in [0.3, 0.4) is 0 Å². The maximum Gasteiger partial charge on any atom is 0.244 e. The average molecular weight is 457 g/mol. The molecule has 0 aromatic carbocycles. The van der Waals surface area contributed by atoms with E-state index in [0.717, 1.165) is 22.6 Å². The fourth-order valence-electron chi connectivity index (χ4n) is 3.14. The Hall–Kier alpha value is -1.72. The highest BCUT2D eigenvalue weighted by Crippen LogP contribution is 2.29. The quantitative estimate of drug-likeness (QED) is 0.563. The van der Waals surface area contributed by atoms with Gasteiger partial charge in [0.15, 0.2) is 5.06 Å². The van der Waals surface area contributed by atoms with Gasteiger partial charge >= 0.3 is 0 Å². The Labute approximate surface area is 178 Å². The van der Waals surface area contributed by atoms with Crippen LogP contribution in [0, 0.1) is 0 Å². The topological polar surface area (TPSA) is 110 Å². The number of rotatable bonds is 9. The highest BCUT2D eigenvalue weighted by Gasteiger charge is 2.27. The monoisotopic (exact) mass is 456 g/mol. The number of hydrogen-bond acceptors (Lipinski definition) is 7. The second-order valence-electron chi connectivity index (χ2n) is 6.86. The summed E-state index contributed by atoms with van der Waals surface area (Å²) in [4.78, 5) is 16.3. The lowest BCUT2D eigenvalue weighted by Crippen LogP contribution is -2.41. The number of carbonyl (C=O) groups excluding carboxylic acids is 1. The molecule has 1 amide bonds. The number of aliphatic hydroxyl groups excluding tert-OH is 1. The molecule has 0 radical (unpaired) electrons. The molecule has 2 atom stereocenters. The van der Waals surface area contributed by atoms with Crippen LogP contribution in [0.1, 0.15) is 29.0 Å². The molecule has 0 bridgehead atoms. The fraction of sp³-hybridized carbons (Fsp3) is 0.421. The van der Waals surface area contributed by atoms with Gasteiger partial charge in [-0.05, 0) is 36.4 Å². The van der Waals surface area contributed by atoms with Gasteiger partial charge in [-0.15, -0.1) is 22.7 Å². The van der Waals surface area contributed by atoms with Gasteiger partial charge < -0.3 is 14.7 Å². The molecule has 0 saturated carbocycles. The van der Waals surface area contributed by atoms with Gasteiger partial charge in [0.05, 0.1) is 18.7 Å². The van der Waals surface area contributed by atoms with Crippen LogP contribution in [0.4, 0.5) is 0 Å². The van der Waals surface area contributed by atoms with E-state index in [1.54, 1.807) is 28.4 Å². The van der Waals surface area contributed by atoms with Crippen molar-refractivity contribution in [1.82, 2.24) is 4.90 Å². The summed E-state index contributed by atoms with van der Waals surface area (Å²) < 4.78 is 27.2. The minimum absolute atomic E-state index is 0.0686. The van der Waals surface area contributed by atoms with Crippen molar-refractivity contribution in [3.05, 3.63) is 51.6 Å². The van der Waals surface area contributed by atoms with E-state index >= 15 is 0 Å². The van der Waals surface area contributed by atoms with Gasteiger partial charge in [-0.1, -0.05) is 18.2 Å². The molecular weight excluding hydrogens is 432 g/mol. The lowest BCUT2D eigenvalue weighted by atomic mass is 10.00. The van der Waals surface area contributed by atoms with E-state index in [0.29, 0.717) is 24.4 Å². The third-order valence-corrected chi connectivity index (χ3v) is 6.81.